The second-order valence-corrected chi connectivity index (χ2v) is 8.68. The van der Waals surface area contributed by atoms with Crippen LogP contribution in [0.25, 0.3) is 0 Å². The van der Waals surface area contributed by atoms with Crippen molar-refractivity contribution in [2.24, 2.45) is 11.8 Å². The van der Waals surface area contributed by atoms with Gasteiger partial charge in [0, 0.05) is 36.2 Å². The molecule has 2 aromatic rings. The number of fused-ring (bicyclic) bond motifs is 4. The van der Waals surface area contributed by atoms with Crippen molar-refractivity contribution in [1.29, 1.82) is 0 Å². The molecule has 0 bridgehead atoms. The second kappa shape index (κ2) is 6.02. The maximum atomic E-state index is 14.6. The molecule has 0 N–H and O–H groups in total. The first-order chi connectivity index (χ1) is 14.1. The Balaban J connectivity index is 1.54. The number of rotatable bonds is 2. The van der Waals surface area contributed by atoms with Gasteiger partial charge in [0.15, 0.2) is 0 Å². The van der Waals surface area contributed by atoms with Gasteiger partial charge in [-0.3, -0.25) is 10.1 Å². The predicted molar refractivity (Wildman–Crippen MR) is 110 cm³/mol. The topological polar surface area (TPSA) is 46.4 Å². The van der Waals surface area contributed by atoms with Gasteiger partial charge >= 0.3 is 0 Å². The van der Waals surface area contributed by atoms with E-state index >= 15 is 0 Å². The number of nitro groups is 1. The summed E-state index contributed by atoms with van der Waals surface area (Å²) in [5, 5.41) is 11.1. The summed E-state index contributed by atoms with van der Waals surface area (Å²) in [4.78, 5) is 13.2. The molecule has 0 unspecified atom stereocenters. The highest BCUT2D eigenvalue weighted by atomic mass is 19.1. The zero-order valence-corrected chi connectivity index (χ0v) is 15.9. The Morgan fingerprint density at radius 1 is 1.00 bits per heavy atom. The third kappa shape index (κ3) is 2.36. The highest BCUT2D eigenvalue weighted by molar-refractivity contribution is 5.70. The van der Waals surface area contributed by atoms with E-state index in [4.69, 9.17) is 0 Å². The minimum Gasteiger partial charge on any atom is -0.363 e. The van der Waals surface area contributed by atoms with Crippen LogP contribution in [0.2, 0.25) is 0 Å². The molecule has 4 aliphatic rings. The molecule has 5 atom stereocenters. The first kappa shape index (κ1) is 17.0. The first-order valence-corrected chi connectivity index (χ1v) is 10.3. The molecule has 2 aliphatic carbocycles. The number of halogens is 1. The second-order valence-electron chi connectivity index (χ2n) is 8.68. The summed E-state index contributed by atoms with van der Waals surface area (Å²) in [6.07, 6.45) is 10.9. The summed E-state index contributed by atoms with van der Waals surface area (Å²) in [6, 6.07) is 10.6. The van der Waals surface area contributed by atoms with E-state index in [0.29, 0.717) is 11.8 Å². The molecular formula is C24H21FN2O2. The van der Waals surface area contributed by atoms with Crippen molar-refractivity contribution in [2.75, 3.05) is 11.4 Å². The lowest BCUT2D eigenvalue weighted by atomic mass is 9.70. The molecule has 4 nitrogen and oxygen atoms in total. The molecule has 0 fully saturated rings. The standard InChI is InChI=1S/C24H21FN2O2/c25-16-11-21-18-4-1-3-15(18)13-26-23(14-7-9-17(10-8-14)27(28)29)20-6-2-5-19(20)22(12-16)24(21)26/h1-2,4-5,7-12,15,18-20,23H,3,6,13H2/t15-,18+,19+,20+,23+/m1/s1. The van der Waals surface area contributed by atoms with E-state index < -0.39 is 0 Å². The van der Waals surface area contributed by atoms with E-state index in [-0.39, 0.29) is 34.3 Å². The summed E-state index contributed by atoms with van der Waals surface area (Å²) >= 11 is 0. The Morgan fingerprint density at radius 3 is 2.45 bits per heavy atom. The largest absolute Gasteiger partial charge is 0.363 e. The number of nitro benzene ring substituents is 1. The van der Waals surface area contributed by atoms with Gasteiger partial charge in [0.25, 0.3) is 5.69 Å². The monoisotopic (exact) mass is 388 g/mol. The molecule has 146 valence electrons. The lowest BCUT2D eigenvalue weighted by Crippen LogP contribution is -2.46. The Kier molecular flexibility index (Phi) is 3.52. The minimum absolute atomic E-state index is 0.118. The number of hydrogen-bond acceptors (Lipinski definition) is 3. The molecule has 0 saturated carbocycles. The zero-order valence-electron chi connectivity index (χ0n) is 15.9. The Morgan fingerprint density at radius 2 is 1.69 bits per heavy atom. The van der Waals surface area contributed by atoms with Crippen LogP contribution in [0.15, 0.2) is 60.7 Å². The van der Waals surface area contributed by atoms with E-state index in [1.54, 1.807) is 24.3 Å². The molecule has 5 heteroatoms. The summed E-state index contributed by atoms with van der Waals surface area (Å²) in [5.41, 5.74) is 4.63. The van der Waals surface area contributed by atoms with E-state index in [2.05, 4.69) is 29.2 Å². The molecule has 2 aromatic carbocycles. The van der Waals surface area contributed by atoms with Gasteiger partial charge in [-0.05, 0) is 53.5 Å². The highest BCUT2D eigenvalue weighted by Crippen LogP contribution is 2.58. The highest BCUT2D eigenvalue weighted by Gasteiger charge is 2.47. The number of hydrogen-bond donors (Lipinski definition) is 0. The lowest BCUT2D eigenvalue weighted by Gasteiger charge is -2.51. The van der Waals surface area contributed by atoms with Crippen LogP contribution in [0.4, 0.5) is 15.8 Å². The summed E-state index contributed by atoms with van der Waals surface area (Å²) in [7, 11) is 0. The van der Waals surface area contributed by atoms with Crippen LogP contribution in [-0.4, -0.2) is 11.5 Å². The van der Waals surface area contributed by atoms with Gasteiger partial charge in [-0.25, -0.2) is 4.39 Å². The number of benzene rings is 2. The van der Waals surface area contributed by atoms with Crippen molar-refractivity contribution in [1.82, 2.24) is 0 Å². The van der Waals surface area contributed by atoms with E-state index in [9.17, 15) is 14.5 Å². The predicted octanol–water partition coefficient (Wildman–Crippen LogP) is 5.63. The van der Waals surface area contributed by atoms with Crippen molar-refractivity contribution in [3.05, 3.63) is 93.3 Å². The van der Waals surface area contributed by atoms with Crippen LogP contribution in [0.3, 0.4) is 0 Å². The maximum Gasteiger partial charge on any atom is 0.269 e. The van der Waals surface area contributed by atoms with Crippen molar-refractivity contribution >= 4 is 11.4 Å². The average Bonchev–Trinajstić information content (AvgIpc) is 3.37. The number of allylic oxidation sites excluding steroid dienone is 4. The number of non-ortho nitro benzene ring substituents is 1. The fourth-order valence-electron chi connectivity index (χ4n) is 6.11. The van der Waals surface area contributed by atoms with Crippen molar-refractivity contribution in [2.45, 2.75) is 30.7 Å². The first-order valence-electron chi connectivity index (χ1n) is 10.3. The SMILES string of the molecule is O=[N+]([O-])c1ccc([C@H]2[C@H]3CC=C[C@@H]3c3cc(F)cc4c3N2C[C@H]2CC=C[C@H]42)cc1. The molecule has 2 aliphatic heterocycles. The Labute approximate surface area is 168 Å². The summed E-state index contributed by atoms with van der Waals surface area (Å²) in [6.45, 7) is 0.939. The van der Waals surface area contributed by atoms with Crippen molar-refractivity contribution < 1.29 is 9.31 Å². The maximum absolute atomic E-state index is 14.6. The van der Waals surface area contributed by atoms with E-state index in [1.807, 2.05) is 12.1 Å². The van der Waals surface area contributed by atoms with Crippen LogP contribution < -0.4 is 4.90 Å². The van der Waals surface area contributed by atoms with Gasteiger partial charge in [-0.1, -0.05) is 36.4 Å². The fourth-order valence-corrected chi connectivity index (χ4v) is 6.11. The van der Waals surface area contributed by atoms with E-state index in [1.165, 1.54) is 5.69 Å². The van der Waals surface area contributed by atoms with Gasteiger partial charge in [0.05, 0.1) is 11.0 Å². The molecular weight excluding hydrogens is 367 g/mol. The van der Waals surface area contributed by atoms with Crippen molar-refractivity contribution in [3.8, 4) is 0 Å². The Bertz CT molecular complexity index is 1060. The molecule has 6 rings (SSSR count). The summed E-state index contributed by atoms with van der Waals surface area (Å²) in [5.74, 6) is 1.12. The van der Waals surface area contributed by atoms with E-state index in [0.717, 1.165) is 36.1 Å². The van der Waals surface area contributed by atoms with Crippen LogP contribution in [-0.2, 0) is 0 Å². The van der Waals surface area contributed by atoms with Crippen LogP contribution in [0.1, 0.15) is 47.4 Å². The molecule has 0 spiro atoms. The molecule has 0 radical (unpaired) electrons. The van der Waals surface area contributed by atoms with Crippen molar-refractivity contribution in [3.63, 3.8) is 0 Å². The average molecular weight is 388 g/mol. The number of nitrogens with zero attached hydrogens (tertiary/aromatic N) is 2. The molecule has 2 heterocycles. The third-order valence-electron chi connectivity index (χ3n) is 7.26. The molecule has 29 heavy (non-hydrogen) atoms. The minimum atomic E-state index is -0.351. The van der Waals surface area contributed by atoms with Gasteiger partial charge in [0.1, 0.15) is 5.82 Å². The number of anilines is 1. The Hall–Kier alpha value is -2.95. The van der Waals surface area contributed by atoms with Crippen LogP contribution in [0.5, 0.6) is 0 Å². The van der Waals surface area contributed by atoms with Gasteiger partial charge in [-0.2, -0.15) is 0 Å². The molecule has 0 amide bonds. The van der Waals surface area contributed by atoms with Crippen LogP contribution >= 0.6 is 0 Å². The summed E-state index contributed by atoms with van der Waals surface area (Å²) < 4.78 is 14.6. The van der Waals surface area contributed by atoms with Gasteiger partial charge in [0.2, 0.25) is 0 Å². The van der Waals surface area contributed by atoms with Crippen LogP contribution in [0, 0.1) is 27.8 Å². The van der Waals surface area contributed by atoms with Gasteiger partial charge in [-0.15, -0.1) is 0 Å². The lowest BCUT2D eigenvalue weighted by molar-refractivity contribution is -0.384. The molecule has 0 saturated heterocycles. The van der Waals surface area contributed by atoms with Gasteiger partial charge < -0.3 is 4.90 Å². The zero-order chi connectivity index (χ0) is 19.7. The smallest absolute Gasteiger partial charge is 0.269 e. The molecule has 0 aromatic heterocycles. The normalized spacial score (nSPS) is 30.8. The third-order valence-corrected chi connectivity index (χ3v) is 7.26. The fraction of sp³-hybridized carbons (Fsp3) is 0.333. The quantitative estimate of drug-likeness (QED) is 0.381.